The van der Waals surface area contributed by atoms with Gasteiger partial charge in [-0.3, -0.25) is 15.1 Å². The zero-order valence-corrected chi connectivity index (χ0v) is 9.97. The highest BCUT2D eigenvalue weighted by Crippen LogP contribution is 2.19. The van der Waals surface area contributed by atoms with Crippen molar-refractivity contribution in [1.29, 1.82) is 0 Å². The number of carbonyl (C=O) groups is 1. The van der Waals surface area contributed by atoms with E-state index in [1.54, 1.807) is 0 Å². The van der Waals surface area contributed by atoms with Crippen LogP contribution < -0.4 is 11.3 Å². The summed E-state index contributed by atoms with van der Waals surface area (Å²) < 4.78 is 41.6. The monoisotopic (exact) mass is 265 g/mol. The molecule has 0 radical (unpaired) electrons. The minimum absolute atomic E-state index is 0.0435. The van der Waals surface area contributed by atoms with Gasteiger partial charge in [-0.15, -0.1) is 0 Å². The number of furan rings is 1. The lowest BCUT2D eigenvalue weighted by atomic mass is 10.2. The fourth-order valence-corrected chi connectivity index (χ4v) is 1.55. The van der Waals surface area contributed by atoms with Gasteiger partial charge in [0.2, 0.25) is 0 Å². The molecule has 8 heteroatoms. The molecule has 5 nitrogen and oxygen atoms in total. The van der Waals surface area contributed by atoms with E-state index < -0.39 is 18.6 Å². The van der Waals surface area contributed by atoms with Crippen LogP contribution in [0.1, 0.15) is 21.9 Å². The molecule has 1 rings (SSSR count). The smallest absolute Gasteiger partial charge is 0.401 e. The minimum atomic E-state index is -4.27. The normalized spacial score (nSPS) is 11.9. The van der Waals surface area contributed by atoms with Crippen molar-refractivity contribution < 1.29 is 22.4 Å². The van der Waals surface area contributed by atoms with E-state index in [1.807, 2.05) is 5.43 Å². The lowest BCUT2D eigenvalue weighted by molar-refractivity contribution is -0.144. The topological polar surface area (TPSA) is 71.5 Å². The van der Waals surface area contributed by atoms with Gasteiger partial charge in [0.25, 0.3) is 5.91 Å². The molecule has 0 unspecified atom stereocenters. The van der Waals surface area contributed by atoms with Crippen molar-refractivity contribution in [3.05, 3.63) is 23.2 Å². The van der Waals surface area contributed by atoms with Crippen LogP contribution in [0, 0.1) is 6.92 Å². The number of nitrogens with one attached hydrogen (secondary N) is 1. The highest BCUT2D eigenvalue weighted by atomic mass is 19.4. The Morgan fingerprint density at radius 2 is 2.17 bits per heavy atom. The number of halogens is 3. The Labute approximate surface area is 102 Å². The van der Waals surface area contributed by atoms with Crippen LogP contribution in [0.4, 0.5) is 13.2 Å². The Hall–Kier alpha value is -1.54. The lowest BCUT2D eigenvalue weighted by Crippen LogP contribution is -2.30. The first kappa shape index (κ1) is 14.5. The van der Waals surface area contributed by atoms with Gasteiger partial charge in [0.05, 0.1) is 18.7 Å². The van der Waals surface area contributed by atoms with Gasteiger partial charge in [0.1, 0.15) is 11.5 Å². The zero-order chi connectivity index (χ0) is 13.9. The Kier molecular flexibility index (Phi) is 4.36. The summed E-state index contributed by atoms with van der Waals surface area (Å²) in [7, 11) is 1.31. The molecule has 0 bridgehead atoms. The van der Waals surface area contributed by atoms with Crippen LogP contribution in [0.15, 0.2) is 10.5 Å². The van der Waals surface area contributed by atoms with Crippen molar-refractivity contribution in [3.63, 3.8) is 0 Å². The third kappa shape index (κ3) is 4.04. The van der Waals surface area contributed by atoms with Crippen LogP contribution in [0.25, 0.3) is 0 Å². The number of aryl methyl sites for hydroxylation is 1. The van der Waals surface area contributed by atoms with Gasteiger partial charge in [-0.2, -0.15) is 13.2 Å². The predicted octanol–water partition coefficient (Wildman–Crippen LogP) is 1.19. The molecule has 1 aromatic rings. The Bertz CT molecular complexity index is 428. The van der Waals surface area contributed by atoms with Crippen molar-refractivity contribution in [2.75, 3.05) is 13.6 Å². The maximum Gasteiger partial charge on any atom is 0.401 e. The first-order valence-electron chi connectivity index (χ1n) is 5.08. The third-order valence-corrected chi connectivity index (χ3v) is 2.22. The summed E-state index contributed by atoms with van der Waals surface area (Å²) in [6.45, 7) is 0.446. The Morgan fingerprint density at radius 3 is 2.67 bits per heavy atom. The molecule has 0 atom stereocenters. The molecule has 0 aliphatic rings. The molecule has 1 heterocycles. The molecule has 0 aromatic carbocycles. The van der Waals surface area contributed by atoms with E-state index in [9.17, 15) is 18.0 Å². The second kappa shape index (κ2) is 5.40. The quantitative estimate of drug-likeness (QED) is 0.487. The summed E-state index contributed by atoms with van der Waals surface area (Å²) in [6, 6.07) is 1.38. The largest absolute Gasteiger partial charge is 0.464 e. The standard InChI is InChI=1S/C10H14F3N3O2/c1-6-8(9(17)15-14)3-7(18-6)4-16(2)5-10(11,12)13/h3H,4-5,14H2,1-2H3,(H,15,17). The van der Waals surface area contributed by atoms with Crippen LogP contribution in [-0.4, -0.2) is 30.6 Å². The van der Waals surface area contributed by atoms with Crippen LogP contribution in [0.3, 0.4) is 0 Å². The third-order valence-electron chi connectivity index (χ3n) is 2.22. The minimum Gasteiger partial charge on any atom is -0.464 e. The van der Waals surface area contributed by atoms with E-state index in [1.165, 1.54) is 20.0 Å². The summed E-state index contributed by atoms with van der Waals surface area (Å²) in [5, 5.41) is 0. The average molecular weight is 265 g/mol. The van der Waals surface area contributed by atoms with Crippen molar-refractivity contribution >= 4 is 5.91 Å². The molecule has 0 spiro atoms. The molecular weight excluding hydrogens is 251 g/mol. The molecule has 1 amide bonds. The summed E-state index contributed by atoms with van der Waals surface area (Å²) >= 11 is 0. The van der Waals surface area contributed by atoms with E-state index in [0.717, 1.165) is 4.90 Å². The maximum absolute atomic E-state index is 12.1. The fourth-order valence-electron chi connectivity index (χ4n) is 1.55. The predicted molar refractivity (Wildman–Crippen MR) is 57.5 cm³/mol. The SMILES string of the molecule is Cc1oc(CN(C)CC(F)(F)F)cc1C(=O)NN. The van der Waals surface area contributed by atoms with Crippen molar-refractivity contribution in [1.82, 2.24) is 10.3 Å². The van der Waals surface area contributed by atoms with Crippen LogP contribution in [0.5, 0.6) is 0 Å². The number of nitrogens with zero attached hydrogens (tertiary/aromatic N) is 1. The lowest BCUT2D eigenvalue weighted by Gasteiger charge is -2.16. The second-order valence-electron chi connectivity index (χ2n) is 3.94. The van der Waals surface area contributed by atoms with Crippen LogP contribution in [0.2, 0.25) is 0 Å². The molecule has 102 valence electrons. The van der Waals surface area contributed by atoms with Gasteiger partial charge < -0.3 is 4.42 Å². The fraction of sp³-hybridized carbons (Fsp3) is 0.500. The number of hydrazine groups is 1. The number of rotatable bonds is 4. The summed E-state index contributed by atoms with van der Waals surface area (Å²) in [5.74, 6) is 5.01. The molecule has 1 aromatic heterocycles. The first-order chi connectivity index (χ1) is 8.23. The Balaban J connectivity index is 2.72. The van der Waals surface area contributed by atoms with Gasteiger partial charge >= 0.3 is 6.18 Å². The van der Waals surface area contributed by atoms with E-state index in [0.29, 0.717) is 5.76 Å². The van der Waals surface area contributed by atoms with E-state index >= 15 is 0 Å². The summed E-state index contributed by atoms with van der Waals surface area (Å²) in [5.41, 5.74) is 2.15. The van der Waals surface area contributed by atoms with Gasteiger partial charge in [-0.1, -0.05) is 0 Å². The van der Waals surface area contributed by atoms with Crippen molar-refractivity contribution in [2.24, 2.45) is 5.84 Å². The number of carbonyl (C=O) groups excluding carboxylic acids is 1. The van der Waals surface area contributed by atoms with Gasteiger partial charge in [0, 0.05) is 0 Å². The molecule has 0 fully saturated rings. The van der Waals surface area contributed by atoms with E-state index in [4.69, 9.17) is 10.3 Å². The van der Waals surface area contributed by atoms with Gasteiger partial charge in [-0.05, 0) is 20.0 Å². The number of hydrogen-bond donors (Lipinski definition) is 2. The molecular formula is C10H14F3N3O2. The number of alkyl halides is 3. The van der Waals surface area contributed by atoms with Crippen molar-refractivity contribution in [2.45, 2.75) is 19.6 Å². The first-order valence-corrected chi connectivity index (χ1v) is 5.08. The second-order valence-corrected chi connectivity index (χ2v) is 3.94. The van der Waals surface area contributed by atoms with Crippen LogP contribution in [-0.2, 0) is 6.54 Å². The van der Waals surface area contributed by atoms with Crippen LogP contribution >= 0.6 is 0 Å². The maximum atomic E-state index is 12.1. The molecule has 0 saturated heterocycles. The van der Waals surface area contributed by atoms with Crippen molar-refractivity contribution in [3.8, 4) is 0 Å². The molecule has 18 heavy (non-hydrogen) atoms. The molecule has 0 saturated carbocycles. The number of nitrogen functional groups attached to an aromatic ring is 1. The number of nitrogens with two attached hydrogens (primary N) is 1. The highest BCUT2D eigenvalue weighted by Gasteiger charge is 2.29. The average Bonchev–Trinajstić information content (AvgIpc) is 2.55. The summed E-state index contributed by atoms with van der Waals surface area (Å²) in [4.78, 5) is 12.3. The van der Waals surface area contributed by atoms with Gasteiger partial charge in [0.15, 0.2) is 0 Å². The number of hydrogen-bond acceptors (Lipinski definition) is 4. The Morgan fingerprint density at radius 1 is 1.56 bits per heavy atom. The zero-order valence-electron chi connectivity index (χ0n) is 9.97. The molecule has 3 N–H and O–H groups in total. The highest BCUT2D eigenvalue weighted by molar-refractivity contribution is 5.94. The summed E-state index contributed by atoms with van der Waals surface area (Å²) in [6.07, 6.45) is -4.27. The molecule has 0 aliphatic heterocycles. The van der Waals surface area contributed by atoms with Gasteiger partial charge in [-0.25, -0.2) is 5.84 Å². The van der Waals surface area contributed by atoms with E-state index in [-0.39, 0.29) is 17.9 Å². The molecule has 0 aliphatic carbocycles. The van der Waals surface area contributed by atoms with E-state index in [2.05, 4.69) is 0 Å². The number of amides is 1.